The van der Waals surface area contributed by atoms with Gasteiger partial charge in [-0.3, -0.25) is 4.99 Å². The van der Waals surface area contributed by atoms with Crippen molar-refractivity contribution in [1.82, 2.24) is 0 Å². The van der Waals surface area contributed by atoms with Gasteiger partial charge in [0.25, 0.3) is 0 Å². The Morgan fingerprint density at radius 2 is 1.00 bits per heavy atom. The van der Waals surface area contributed by atoms with Crippen LogP contribution in [0, 0.1) is 12.8 Å². The average Bonchev–Trinajstić information content (AvgIpc) is 3.26. The molecule has 1 aliphatic carbocycles. The SMILES string of the molecule is CC(=Nc1ccccc1C)c1ccc(-c2ccc3c(-c4ccc5ccccc5c4)c4ccccc4c(-c4ccc5ccccc5c4)c3c2)cc1.CC1C=CC=CC1. The zero-order valence-electron chi connectivity index (χ0n) is 32.8. The van der Waals surface area contributed by atoms with Crippen LogP contribution in [0.3, 0.4) is 0 Å². The van der Waals surface area contributed by atoms with Gasteiger partial charge in [-0.15, -0.1) is 0 Å². The minimum atomic E-state index is 0.769. The van der Waals surface area contributed by atoms with Gasteiger partial charge < -0.3 is 0 Å². The summed E-state index contributed by atoms with van der Waals surface area (Å²) in [4.78, 5) is 4.94. The Morgan fingerprint density at radius 3 is 1.58 bits per heavy atom. The Bertz CT molecular complexity index is 3010. The van der Waals surface area contributed by atoms with Crippen molar-refractivity contribution in [2.75, 3.05) is 0 Å². The number of allylic oxidation sites excluding steroid dienone is 4. The normalized spacial score (nSPS) is 13.9. The minimum Gasteiger partial charge on any atom is -0.253 e. The molecule has 1 unspecified atom stereocenters. The van der Waals surface area contributed by atoms with Gasteiger partial charge in [0, 0.05) is 5.71 Å². The van der Waals surface area contributed by atoms with Gasteiger partial charge in [-0.1, -0.05) is 183 Å². The van der Waals surface area contributed by atoms with Crippen LogP contribution in [-0.4, -0.2) is 5.71 Å². The molecule has 0 saturated heterocycles. The highest BCUT2D eigenvalue weighted by atomic mass is 14.7. The molecule has 9 aromatic carbocycles. The number of rotatable bonds is 5. The van der Waals surface area contributed by atoms with E-state index >= 15 is 0 Å². The molecule has 0 spiro atoms. The number of para-hydroxylation sites is 1. The minimum absolute atomic E-state index is 0.769. The van der Waals surface area contributed by atoms with Crippen molar-refractivity contribution in [2.24, 2.45) is 10.9 Å². The van der Waals surface area contributed by atoms with E-state index in [-0.39, 0.29) is 0 Å². The van der Waals surface area contributed by atoms with E-state index in [9.17, 15) is 0 Å². The molecule has 0 bridgehead atoms. The number of hydrogen-bond acceptors (Lipinski definition) is 1. The van der Waals surface area contributed by atoms with Crippen LogP contribution >= 0.6 is 0 Å². The first-order valence-electron chi connectivity index (χ1n) is 20.0. The summed E-state index contributed by atoms with van der Waals surface area (Å²) in [6, 6.07) is 64.1. The summed E-state index contributed by atoms with van der Waals surface area (Å²) in [6.45, 7) is 6.42. The Balaban J connectivity index is 0.000000548. The number of aliphatic imine (C=N–C) groups is 1. The highest BCUT2D eigenvalue weighted by molar-refractivity contribution is 6.22. The van der Waals surface area contributed by atoms with Crippen molar-refractivity contribution < 1.29 is 0 Å². The predicted molar refractivity (Wildman–Crippen MR) is 248 cm³/mol. The standard InChI is InChI=1S/C49H35N.C7H10/c1-32-11-3-10-18-47(32)50-33(2)34-19-21-37(22-20-34)40-27-28-45-46(31-40)49(42-26-24-36-13-5-7-15-39(36)30-42)44-17-9-8-16-43(44)48(45)41-25-23-35-12-4-6-14-38(35)29-41;1-7-5-3-2-4-6-7/h3-31H,1-2H3;2-5,7H,6H2,1H3. The first kappa shape index (κ1) is 35.8. The molecule has 1 nitrogen and oxygen atoms in total. The second-order valence-corrected chi connectivity index (χ2v) is 15.3. The van der Waals surface area contributed by atoms with Crippen molar-refractivity contribution in [1.29, 1.82) is 0 Å². The number of hydrogen-bond donors (Lipinski definition) is 0. The van der Waals surface area contributed by atoms with E-state index in [1.165, 1.54) is 88.5 Å². The van der Waals surface area contributed by atoms with E-state index in [2.05, 4.69) is 215 Å². The van der Waals surface area contributed by atoms with E-state index in [0.717, 1.165) is 22.9 Å². The Morgan fingerprint density at radius 1 is 0.474 bits per heavy atom. The lowest BCUT2D eigenvalue weighted by Gasteiger charge is -2.19. The number of fused-ring (bicyclic) bond motifs is 4. The lowest BCUT2D eigenvalue weighted by molar-refractivity contribution is 0.737. The molecular formula is C56H45N. The predicted octanol–water partition coefficient (Wildman–Crippen LogP) is 15.9. The highest BCUT2D eigenvalue weighted by Crippen LogP contribution is 2.45. The van der Waals surface area contributed by atoms with Gasteiger partial charge in [-0.05, 0) is 138 Å². The molecule has 0 radical (unpaired) electrons. The van der Waals surface area contributed by atoms with Crippen LogP contribution in [0.4, 0.5) is 5.69 Å². The molecule has 0 saturated carbocycles. The maximum Gasteiger partial charge on any atom is 0.0662 e. The summed E-state index contributed by atoms with van der Waals surface area (Å²) in [5, 5.41) is 10.0. The smallest absolute Gasteiger partial charge is 0.0662 e. The third kappa shape index (κ3) is 7.33. The zero-order chi connectivity index (χ0) is 38.7. The van der Waals surface area contributed by atoms with E-state index < -0.39 is 0 Å². The first-order valence-corrected chi connectivity index (χ1v) is 20.0. The lowest BCUT2D eigenvalue weighted by Crippen LogP contribution is -1.94. The molecule has 0 amide bonds. The molecule has 9 aromatic rings. The van der Waals surface area contributed by atoms with Crippen LogP contribution in [-0.2, 0) is 0 Å². The summed E-state index contributed by atoms with van der Waals surface area (Å²) in [6.07, 6.45) is 9.84. The second-order valence-electron chi connectivity index (χ2n) is 15.3. The second kappa shape index (κ2) is 15.7. The van der Waals surface area contributed by atoms with Crippen LogP contribution in [0.2, 0.25) is 0 Å². The average molecular weight is 732 g/mol. The molecule has 1 atom stereocenters. The molecule has 1 aliphatic rings. The van der Waals surface area contributed by atoms with Gasteiger partial charge in [-0.25, -0.2) is 0 Å². The summed E-state index contributed by atoms with van der Waals surface area (Å²) in [5.41, 5.74) is 11.7. The number of benzene rings is 9. The topological polar surface area (TPSA) is 12.4 Å². The van der Waals surface area contributed by atoms with Gasteiger partial charge in [0.2, 0.25) is 0 Å². The molecule has 0 aliphatic heterocycles. The first-order chi connectivity index (χ1) is 28.0. The summed E-state index contributed by atoms with van der Waals surface area (Å²) in [7, 11) is 0. The fourth-order valence-corrected chi connectivity index (χ4v) is 8.21. The molecule has 274 valence electrons. The third-order valence-electron chi connectivity index (χ3n) is 11.3. The molecule has 1 heteroatoms. The fraction of sp³-hybridized carbons (Fsp3) is 0.0893. The van der Waals surface area contributed by atoms with Crippen LogP contribution in [0.25, 0.3) is 76.5 Å². The van der Waals surface area contributed by atoms with Crippen LogP contribution in [0.5, 0.6) is 0 Å². The maximum atomic E-state index is 4.94. The fourth-order valence-electron chi connectivity index (χ4n) is 8.21. The van der Waals surface area contributed by atoms with Gasteiger partial charge in [0.1, 0.15) is 0 Å². The Hall–Kier alpha value is -6.83. The zero-order valence-corrected chi connectivity index (χ0v) is 32.8. The Kier molecular flexibility index (Phi) is 9.89. The molecule has 0 heterocycles. The molecule has 57 heavy (non-hydrogen) atoms. The van der Waals surface area contributed by atoms with Crippen LogP contribution in [0.15, 0.2) is 205 Å². The quantitative estimate of drug-likeness (QED) is 0.123. The molecular weight excluding hydrogens is 687 g/mol. The lowest BCUT2D eigenvalue weighted by atomic mass is 9.84. The van der Waals surface area contributed by atoms with Crippen molar-refractivity contribution in [3.63, 3.8) is 0 Å². The molecule has 0 aromatic heterocycles. The monoisotopic (exact) mass is 731 g/mol. The van der Waals surface area contributed by atoms with Gasteiger partial charge in [-0.2, -0.15) is 0 Å². The maximum absolute atomic E-state index is 4.94. The van der Waals surface area contributed by atoms with Gasteiger partial charge in [0.05, 0.1) is 5.69 Å². The van der Waals surface area contributed by atoms with Crippen molar-refractivity contribution >= 4 is 54.5 Å². The molecule has 0 N–H and O–H groups in total. The number of nitrogens with zero attached hydrogens (tertiary/aromatic N) is 1. The van der Waals surface area contributed by atoms with Crippen molar-refractivity contribution in [2.45, 2.75) is 27.2 Å². The van der Waals surface area contributed by atoms with E-state index in [1.54, 1.807) is 0 Å². The van der Waals surface area contributed by atoms with E-state index in [4.69, 9.17) is 4.99 Å². The summed E-state index contributed by atoms with van der Waals surface area (Å²) in [5.74, 6) is 0.769. The van der Waals surface area contributed by atoms with E-state index in [0.29, 0.717) is 0 Å². The van der Waals surface area contributed by atoms with Crippen molar-refractivity contribution in [3.8, 4) is 33.4 Å². The third-order valence-corrected chi connectivity index (χ3v) is 11.3. The number of aryl methyl sites for hydroxylation is 1. The summed E-state index contributed by atoms with van der Waals surface area (Å²) >= 11 is 0. The van der Waals surface area contributed by atoms with Gasteiger partial charge >= 0.3 is 0 Å². The van der Waals surface area contributed by atoms with Crippen molar-refractivity contribution in [3.05, 3.63) is 211 Å². The van der Waals surface area contributed by atoms with E-state index in [1.807, 2.05) is 6.07 Å². The molecule has 10 rings (SSSR count). The van der Waals surface area contributed by atoms with Crippen LogP contribution < -0.4 is 0 Å². The van der Waals surface area contributed by atoms with Crippen LogP contribution in [0.1, 0.15) is 31.4 Å². The van der Waals surface area contributed by atoms with Gasteiger partial charge in [0.15, 0.2) is 0 Å². The highest BCUT2D eigenvalue weighted by Gasteiger charge is 2.18. The summed E-state index contributed by atoms with van der Waals surface area (Å²) < 4.78 is 0. The largest absolute Gasteiger partial charge is 0.253 e. The Labute approximate surface area is 336 Å². The molecule has 0 fully saturated rings.